The summed E-state index contributed by atoms with van der Waals surface area (Å²) in [7, 11) is 0. The zero-order valence-corrected chi connectivity index (χ0v) is 7.77. The van der Waals surface area contributed by atoms with Crippen molar-refractivity contribution in [2.24, 2.45) is 0 Å². The fourth-order valence-electron chi connectivity index (χ4n) is 1.17. The summed E-state index contributed by atoms with van der Waals surface area (Å²) in [6.07, 6.45) is 1.17. The third-order valence-electron chi connectivity index (χ3n) is 1.88. The zero-order chi connectivity index (χ0) is 10.4. The molecule has 0 saturated carbocycles. The average molecular weight is 192 g/mol. The van der Waals surface area contributed by atoms with Crippen molar-refractivity contribution in [1.82, 2.24) is 0 Å². The Bertz CT molecular complexity index is 322. The molecule has 0 heterocycles. The van der Waals surface area contributed by atoms with Crippen molar-refractivity contribution in [3.8, 4) is 0 Å². The van der Waals surface area contributed by atoms with E-state index >= 15 is 0 Å². The van der Waals surface area contributed by atoms with Crippen molar-refractivity contribution in [1.29, 1.82) is 5.41 Å². The van der Waals surface area contributed by atoms with Crippen molar-refractivity contribution in [2.75, 3.05) is 6.54 Å². The molecule has 0 aliphatic rings. The lowest BCUT2D eigenvalue weighted by molar-refractivity contribution is -0.463. The van der Waals surface area contributed by atoms with E-state index in [1.54, 1.807) is 0 Å². The minimum absolute atomic E-state index is 0.179. The van der Waals surface area contributed by atoms with Crippen molar-refractivity contribution in [3.05, 3.63) is 46.0 Å². The Kier molecular flexibility index (Phi) is 3.79. The summed E-state index contributed by atoms with van der Waals surface area (Å²) in [4.78, 5) is 9.62. The maximum absolute atomic E-state index is 10.1. The summed E-state index contributed by atoms with van der Waals surface area (Å²) in [5.41, 5.74) is 1.29. The Labute approximate surface area is 82.2 Å². The highest BCUT2D eigenvalue weighted by molar-refractivity contribution is 5.82. The standard InChI is InChI=1S/C10H12N2O2/c11-10(8-12(13)14)7-6-9-4-2-1-3-5-9/h1-5,11H,6-8H2. The molecule has 4 nitrogen and oxygen atoms in total. The van der Waals surface area contributed by atoms with Crippen LogP contribution in [0.1, 0.15) is 12.0 Å². The molecule has 0 aromatic heterocycles. The molecule has 74 valence electrons. The third kappa shape index (κ3) is 3.80. The van der Waals surface area contributed by atoms with Crippen molar-refractivity contribution in [2.45, 2.75) is 12.8 Å². The molecule has 0 bridgehead atoms. The maximum Gasteiger partial charge on any atom is 0.241 e. The fourth-order valence-corrected chi connectivity index (χ4v) is 1.17. The molecule has 14 heavy (non-hydrogen) atoms. The largest absolute Gasteiger partial charge is 0.303 e. The number of benzene rings is 1. The van der Waals surface area contributed by atoms with E-state index in [4.69, 9.17) is 5.41 Å². The van der Waals surface area contributed by atoms with Gasteiger partial charge in [0.2, 0.25) is 6.54 Å². The molecule has 0 fully saturated rings. The van der Waals surface area contributed by atoms with E-state index < -0.39 is 4.92 Å². The molecular weight excluding hydrogens is 180 g/mol. The molecule has 1 aromatic carbocycles. The molecule has 0 saturated heterocycles. The molecule has 0 atom stereocenters. The first-order chi connectivity index (χ1) is 6.68. The van der Waals surface area contributed by atoms with Gasteiger partial charge in [-0.05, 0) is 18.4 Å². The number of nitrogens with one attached hydrogen (secondary N) is 1. The highest BCUT2D eigenvalue weighted by atomic mass is 16.6. The zero-order valence-electron chi connectivity index (χ0n) is 7.77. The van der Waals surface area contributed by atoms with E-state index in [-0.39, 0.29) is 12.3 Å². The summed E-state index contributed by atoms with van der Waals surface area (Å²) in [6, 6.07) is 9.68. The number of rotatable bonds is 5. The highest BCUT2D eigenvalue weighted by Crippen LogP contribution is 2.02. The topological polar surface area (TPSA) is 67.0 Å². The number of nitrogens with zero attached hydrogens (tertiary/aromatic N) is 1. The van der Waals surface area contributed by atoms with E-state index in [0.29, 0.717) is 12.8 Å². The smallest absolute Gasteiger partial charge is 0.241 e. The molecular formula is C10H12N2O2. The van der Waals surface area contributed by atoms with Gasteiger partial charge in [0, 0.05) is 4.92 Å². The first-order valence-corrected chi connectivity index (χ1v) is 4.40. The second kappa shape index (κ2) is 5.11. The van der Waals surface area contributed by atoms with E-state index in [1.807, 2.05) is 30.3 Å². The van der Waals surface area contributed by atoms with Crippen LogP contribution in [0.5, 0.6) is 0 Å². The number of hydrogen-bond acceptors (Lipinski definition) is 3. The van der Waals surface area contributed by atoms with Crippen LogP contribution < -0.4 is 0 Å². The number of nitro groups is 1. The van der Waals surface area contributed by atoms with Crippen LogP contribution in [0.3, 0.4) is 0 Å². The second-order valence-corrected chi connectivity index (χ2v) is 3.08. The molecule has 0 unspecified atom stereocenters. The van der Waals surface area contributed by atoms with Crippen LogP contribution in [0.15, 0.2) is 30.3 Å². The predicted octanol–water partition coefficient (Wildman–Crippen LogP) is 1.92. The summed E-state index contributed by atoms with van der Waals surface area (Å²) < 4.78 is 0. The fraction of sp³-hybridized carbons (Fsp3) is 0.300. The second-order valence-electron chi connectivity index (χ2n) is 3.08. The Balaban J connectivity index is 2.34. The summed E-state index contributed by atoms with van der Waals surface area (Å²) >= 11 is 0. The van der Waals surface area contributed by atoms with Gasteiger partial charge in [0.05, 0.1) is 5.71 Å². The molecule has 0 aliphatic heterocycles. The normalized spacial score (nSPS) is 9.71. The van der Waals surface area contributed by atoms with E-state index in [9.17, 15) is 10.1 Å². The van der Waals surface area contributed by atoms with E-state index in [0.717, 1.165) is 5.56 Å². The summed E-state index contributed by atoms with van der Waals surface area (Å²) in [6.45, 7) is -0.340. The SMILES string of the molecule is N=C(CCc1ccccc1)C[N+](=O)[O-]. The first-order valence-electron chi connectivity index (χ1n) is 4.40. The van der Waals surface area contributed by atoms with E-state index in [2.05, 4.69) is 0 Å². The van der Waals surface area contributed by atoms with Gasteiger partial charge in [-0.3, -0.25) is 10.1 Å². The number of hydrogen-bond donors (Lipinski definition) is 1. The molecule has 0 amide bonds. The van der Waals surface area contributed by atoms with Gasteiger partial charge in [0.25, 0.3) is 0 Å². The van der Waals surface area contributed by atoms with Gasteiger partial charge < -0.3 is 5.41 Å². The number of aryl methyl sites for hydroxylation is 1. The Morgan fingerprint density at radius 2 is 2.00 bits per heavy atom. The van der Waals surface area contributed by atoms with Crippen molar-refractivity contribution in [3.63, 3.8) is 0 Å². The minimum atomic E-state index is -0.465. The molecule has 0 aliphatic carbocycles. The van der Waals surface area contributed by atoms with Crippen LogP contribution in [-0.2, 0) is 6.42 Å². The summed E-state index contributed by atoms with van der Waals surface area (Å²) in [5, 5.41) is 17.4. The lowest BCUT2D eigenvalue weighted by Gasteiger charge is -1.99. The molecule has 1 aromatic rings. The van der Waals surface area contributed by atoms with Crippen molar-refractivity contribution >= 4 is 5.71 Å². The van der Waals surface area contributed by atoms with Crippen molar-refractivity contribution < 1.29 is 4.92 Å². The molecule has 0 radical (unpaired) electrons. The van der Waals surface area contributed by atoms with Gasteiger partial charge in [-0.25, -0.2) is 0 Å². The van der Waals surface area contributed by atoms with Crippen LogP contribution in [0, 0.1) is 15.5 Å². The predicted molar refractivity (Wildman–Crippen MR) is 54.4 cm³/mol. The molecule has 1 rings (SSSR count). The van der Waals surface area contributed by atoms with Crippen LogP contribution in [-0.4, -0.2) is 17.2 Å². The first kappa shape index (κ1) is 10.4. The Morgan fingerprint density at radius 3 is 2.57 bits per heavy atom. The minimum Gasteiger partial charge on any atom is -0.303 e. The van der Waals surface area contributed by atoms with Gasteiger partial charge in [-0.15, -0.1) is 0 Å². The van der Waals surface area contributed by atoms with Crippen LogP contribution in [0.25, 0.3) is 0 Å². The Hall–Kier alpha value is -1.71. The highest BCUT2D eigenvalue weighted by Gasteiger charge is 2.04. The summed E-state index contributed by atoms with van der Waals surface area (Å²) in [5.74, 6) is 0. The lowest BCUT2D eigenvalue weighted by atomic mass is 10.1. The van der Waals surface area contributed by atoms with Gasteiger partial charge in [-0.2, -0.15) is 0 Å². The average Bonchev–Trinajstić information content (AvgIpc) is 2.15. The monoisotopic (exact) mass is 192 g/mol. The van der Waals surface area contributed by atoms with Gasteiger partial charge in [0.1, 0.15) is 0 Å². The maximum atomic E-state index is 10.1. The van der Waals surface area contributed by atoms with Gasteiger partial charge >= 0.3 is 0 Å². The quantitative estimate of drug-likeness (QED) is 0.440. The Morgan fingerprint density at radius 1 is 1.36 bits per heavy atom. The van der Waals surface area contributed by atoms with Crippen LogP contribution >= 0.6 is 0 Å². The molecule has 4 heteroatoms. The van der Waals surface area contributed by atoms with Gasteiger partial charge in [-0.1, -0.05) is 30.3 Å². The lowest BCUT2D eigenvalue weighted by Crippen LogP contribution is -2.13. The van der Waals surface area contributed by atoms with E-state index in [1.165, 1.54) is 0 Å². The van der Waals surface area contributed by atoms with Crippen LogP contribution in [0.4, 0.5) is 0 Å². The van der Waals surface area contributed by atoms with Crippen LogP contribution in [0.2, 0.25) is 0 Å². The molecule has 1 N–H and O–H groups in total. The van der Waals surface area contributed by atoms with Gasteiger partial charge in [0.15, 0.2) is 0 Å². The molecule has 0 spiro atoms. The third-order valence-corrected chi connectivity index (χ3v) is 1.88.